The normalized spacial score (nSPS) is 9.36. The highest BCUT2D eigenvalue weighted by Gasteiger charge is 1.99. The Kier molecular flexibility index (Phi) is 2.33. The van der Waals surface area contributed by atoms with Crippen LogP contribution in [0, 0.1) is 6.92 Å². The van der Waals surface area contributed by atoms with Gasteiger partial charge in [0.15, 0.2) is 0 Å². The zero-order chi connectivity index (χ0) is 8.27. The van der Waals surface area contributed by atoms with Crippen LogP contribution in [0.15, 0.2) is 18.2 Å². The number of aryl methyl sites for hydroxylation is 1. The molecule has 0 bridgehead atoms. The lowest BCUT2D eigenvalue weighted by atomic mass is 10.2. The van der Waals surface area contributed by atoms with E-state index in [0.29, 0.717) is 11.4 Å². The predicted molar refractivity (Wildman–Crippen MR) is 43.1 cm³/mol. The first-order chi connectivity index (χ1) is 5.27. The molecular weight excluding hydrogens is 142 g/mol. The minimum Gasteiger partial charge on any atom is -0.494 e. The maximum absolute atomic E-state index is 8.61. The van der Waals surface area contributed by atoms with Crippen molar-refractivity contribution in [3.8, 4) is 5.75 Å². The number of anilines is 1. The third-order valence-corrected chi connectivity index (χ3v) is 1.48. The first-order valence-electron chi connectivity index (χ1n) is 3.32. The molecule has 0 saturated heterocycles. The molecule has 0 unspecified atom stereocenters. The quantitative estimate of drug-likeness (QED) is 0.636. The number of ether oxygens (including phenoxy) is 1. The summed E-state index contributed by atoms with van der Waals surface area (Å²) in [5.74, 6) is 0.646. The highest BCUT2D eigenvalue weighted by molar-refractivity contribution is 5.55. The smallest absolute Gasteiger partial charge is 0.144 e. The standard InChI is InChI=1S/C8H11NO2/c1-6-3-4-7(9-10)8(5-6)11-2/h3-5,9-10H,1-2H3. The third kappa shape index (κ3) is 1.62. The second-order valence-corrected chi connectivity index (χ2v) is 2.32. The molecule has 0 saturated carbocycles. The summed E-state index contributed by atoms with van der Waals surface area (Å²) >= 11 is 0. The minimum absolute atomic E-state index is 0.582. The molecule has 3 nitrogen and oxygen atoms in total. The Morgan fingerprint density at radius 3 is 2.73 bits per heavy atom. The van der Waals surface area contributed by atoms with E-state index in [2.05, 4.69) is 0 Å². The Hall–Kier alpha value is -1.22. The van der Waals surface area contributed by atoms with Crippen LogP contribution in [0.2, 0.25) is 0 Å². The van der Waals surface area contributed by atoms with Crippen LogP contribution < -0.4 is 10.2 Å². The molecule has 0 amide bonds. The van der Waals surface area contributed by atoms with E-state index in [1.807, 2.05) is 24.5 Å². The minimum atomic E-state index is 0.582. The van der Waals surface area contributed by atoms with Crippen molar-refractivity contribution in [3.05, 3.63) is 23.8 Å². The first kappa shape index (κ1) is 7.88. The van der Waals surface area contributed by atoms with Gasteiger partial charge in [0.05, 0.1) is 7.11 Å². The molecule has 0 fully saturated rings. The fourth-order valence-corrected chi connectivity index (χ4v) is 0.891. The zero-order valence-corrected chi connectivity index (χ0v) is 6.59. The zero-order valence-electron chi connectivity index (χ0n) is 6.59. The number of hydrogen-bond donors (Lipinski definition) is 2. The van der Waals surface area contributed by atoms with Gasteiger partial charge in [-0.25, -0.2) is 0 Å². The molecule has 0 aromatic heterocycles. The van der Waals surface area contributed by atoms with Gasteiger partial charge in [0.1, 0.15) is 11.4 Å². The van der Waals surface area contributed by atoms with Crippen LogP contribution in [-0.2, 0) is 0 Å². The molecule has 0 aliphatic rings. The second-order valence-electron chi connectivity index (χ2n) is 2.32. The highest BCUT2D eigenvalue weighted by atomic mass is 16.5. The summed E-state index contributed by atoms with van der Waals surface area (Å²) in [4.78, 5) is 0. The number of nitrogens with one attached hydrogen (secondary N) is 1. The van der Waals surface area contributed by atoms with Crippen LogP contribution in [0.25, 0.3) is 0 Å². The molecule has 0 aliphatic carbocycles. The van der Waals surface area contributed by atoms with Crippen molar-refractivity contribution in [2.24, 2.45) is 0 Å². The van der Waals surface area contributed by atoms with E-state index >= 15 is 0 Å². The van der Waals surface area contributed by atoms with Gasteiger partial charge in [0.2, 0.25) is 0 Å². The molecule has 2 N–H and O–H groups in total. The lowest BCUT2D eigenvalue weighted by Gasteiger charge is -2.06. The number of rotatable bonds is 2. The topological polar surface area (TPSA) is 41.5 Å². The molecule has 11 heavy (non-hydrogen) atoms. The third-order valence-electron chi connectivity index (χ3n) is 1.48. The van der Waals surface area contributed by atoms with E-state index in [-0.39, 0.29) is 0 Å². The molecule has 1 aromatic rings. The molecular formula is C8H11NO2. The van der Waals surface area contributed by atoms with E-state index < -0.39 is 0 Å². The van der Waals surface area contributed by atoms with Gasteiger partial charge in [-0.1, -0.05) is 6.07 Å². The Morgan fingerprint density at radius 2 is 2.18 bits per heavy atom. The molecule has 1 rings (SSSR count). The van der Waals surface area contributed by atoms with Crippen molar-refractivity contribution in [1.29, 1.82) is 0 Å². The van der Waals surface area contributed by atoms with Crippen molar-refractivity contribution >= 4 is 5.69 Å². The largest absolute Gasteiger partial charge is 0.494 e. The maximum Gasteiger partial charge on any atom is 0.144 e. The summed E-state index contributed by atoms with van der Waals surface area (Å²) in [5.41, 5.74) is 3.73. The molecule has 0 atom stereocenters. The Labute approximate surface area is 65.6 Å². The molecule has 0 spiro atoms. The summed E-state index contributed by atoms with van der Waals surface area (Å²) < 4.78 is 4.99. The van der Waals surface area contributed by atoms with Gasteiger partial charge >= 0.3 is 0 Å². The Morgan fingerprint density at radius 1 is 1.45 bits per heavy atom. The van der Waals surface area contributed by atoms with Crippen LogP contribution >= 0.6 is 0 Å². The molecule has 1 aromatic carbocycles. The van der Waals surface area contributed by atoms with Gasteiger partial charge in [-0.05, 0) is 24.6 Å². The molecule has 0 aliphatic heterocycles. The first-order valence-corrected chi connectivity index (χ1v) is 3.32. The molecule has 0 heterocycles. The fourth-order valence-electron chi connectivity index (χ4n) is 0.891. The van der Waals surface area contributed by atoms with Crippen LogP contribution in [0.4, 0.5) is 5.69 Å². The van der Waals surface area contributed by atoms with E-state index in [1.165, 1.54) is 0 Å². The fraction of sp³-hybridized carbons (Fsp3) is 0.250. The summed E-state index contributed by atoms with van der Waals surface area (Å²) in [5, 5.41) is 8.61. The summed E-state index contributed by atoms with van der Waals surface area (Å²) in [6.07, 6.45) is 0. The molecule has 60 valence electrons. The SMILES string of the molecule is COc1cc(C)ccc1NO. The van der Waals surface area contributed by atoms with Gasteiger partial charge in [-0.2, -0.15) is 0 Å². The lowest BCUT2D eigenvalue weighted by Crippen LogP contribution is -1.94. The summed E-state index contributed by atoms with van der Waals surface area (Å²) in [6, 6.07) is 5.49. The average Bonchev–Trinajstić information content (AvgIpc) is 2.04. The number of benzene rings is 1. The van der Waals surface area contributed by atoms with Crippen molar-refractivity contribution < 1.29 is 9.94 Å². The van der Waals surface area contributed by atoms with E-state index in [1.54, 1.807) is 13.2 Å². The summed E-state index contributed by atoms with van der Waals surface area (Å²) in [6.45, 7) is 1.96. The van der Waals surface area contributed by atoms with Crippen LogP contribution in [0.1, 0.15) is 5.56 Å². The molecule has 0 radical (unpaired) electrons. The molecule has 3 heteroatoms. The van der Waals surface area contributed by atoms with Crippen LogP contribution in [-0.4, -0.2) is 12.3 Å². The monoisotopic (exact) mass is 153 g/mol. The number of methoxy groups -OCH3 is 1. The Bertz CT molecular complexity index is 248. The van der Waals surface area contributed by atoms with Gasteiger partial charge in [-0.15, -0.1) is 0 Å². The second kappa shape index (κ2) is 3.25. The summed E-state index contributed by atoms with van der Waals surface area (Å²) in [7, 11) is 1.57. The van der Waals surface area contributed by atoms with Crippen molar-refractivity contribution in [3.63, 3.8) is 0 Å². The van der Waals surface area contributed by atoms with Crippen molar-refractivity contribution in [2.45, 2.75) is 6.92 Å². The van der Waals surface area contributed by atoms with Gasteiger partial charge in [-0.3, -0.25) is 10.7 Å². The van der Waals surface area contributed by atoms with E-state index in [4.69, 9.17) is 9.94 Å². The Balaban J connectivity index is 3.06. The van der Waals surface area contributed by atoms with Gasteiger partial charge < -0.3 is 4.74 Å². The van der Waals surface area contributed by atoms with Gasteiger partial charge in [0.25, 0.3) is 0 Å². The maximum atomic E-state index is 8.61. The number of hydrogen-bond acceptors (Lipinski definition) is 3. The lowest BCUT2D eigenvalue weighted by molar-refractivity contribution is 0.373. The predicted octanol–water partition coefficient (Wildman–Crippen LogP) is 1.80. The van der Waals surface area contributed by atoms with Crippen molar-refractivity contribution in [2.75, 3.05) is 12.6 Å². The van der Waals surface area contributed by atoms with E-state index in [9.17, 15) is 0 Å². The van der Waals surface area contributed by atoms with Gasteiger partial charge in [0, 0.05) is 0 Å². The highest BCUT2D eigenvalue weighted by Crippen LogP contribution is 2.23. The van der Waals surface area contributed by atoms with Crippen molar-refractivity contribution in [1.82, 2.24) is 0 Å². The van der Waals surface area contributed by atoms with E-state index in [0.717, 1.165) is 5.56 Å². The average molecular weight is 153 g/mol. The van der Waals surface area contributed by atoms with Crippen LogP contribution in [0.5, 0.6) is 5.75 Å². The van der Waals surface area contributed by atoms with Crippen LogP contribution in [0.3, 0.4) is 0 Å².